The number of phosphoric acid groups is 3. The number of nitrogens with two attached hydrogens (primary N) is 1. The number of rotatable bonds is 26. The van der Waals surface area contributed by atoms with Crippen molar-refractivity contribution in [1.29, 1.82) is 0 Å². The lowest BCUT2D eigenvalue weighted by atomic mass is 10.0. The zero-order valence-electron chi connectivity index (χ0n) is 32.6. The number of unbranched alkanes of at least 4 members (excludes halogenated alkanes) is 1. The maximum atomic E-state index is 12.9. The van der Waals surface area contributed by atoms with Crippen LogP contribution >= 0.6 is 35.2 Å². The van der Waals surface area contributed by atoms with Gasteiger partial charge in [0.15, 0.2) is 11.5 Å². The highest BCUT2D eigenvalue weighted by Gasteiger charge is 2.47. The number of aromatic nitrogens is 4. The second-order valence-corrected chi connectivity index (χ2v) is 19.7. The molecule has 27 nitrogen and oxygen atoms in total. The number of phosphoric ester groups is 1. The molecule has 61 heavy (non-hydrogen) atoms. The number of imidazole rings is 1. The molecule has 1 saturated carbocycles. The molecule has 1 aliphatic carbocycles. The van der Waals surface area contributed by atoms with Crippen LogP contribution in [0.1, 0.15) is 38.1 Å². The van der Waals surface area contributed by atoms with E-state index in [9.17, 15) is 43.0 Å². The van der Waals surface area contributed by atoms with Crippen molar-refractivity contribution >= 4 is 70.2 Å². The van der Waals surface area contributed by atoms with E-state index in [0.29, 0.717) is 38.0 Å². The molecular formula is C30H51N10O17P3S. The number of nitrogen functional groups attached to an aromatic ring is 1. The third-order valence-corrected chi connectivity index (χ3v) is 15.0. The average Bonchev–Trinajstić information content (AvgIpc) is 3.93. The number of thioether (sulfide) groups is 1. The summed E-state index contributed by atoms with van der Waals surface area (Å²) in [7, 11) is -16.9. The molecule has 3 unspecified atom stereocenters. The molecule has 0 bridgehead atoms. The Bertz CT molecular complexity index is 1950. The predicted octanol–water partition coefficient (Wildman–Crippen LogP) is -0.767. The number of aliphatic hydroxyl groups excluding tert-OH is 1. The van der Waals surface area contributed by atoms with Crippen LogP contribution in [0.5, 0.6) is 0 Å². The van der Waals surface area contributed by atoms with E-state index >= 15 is 0 Å². The summed E-state index contributed by atoms with van der Waals surface area (Å²) in [4.78, 5) is 85.7. The summed E-state index contributed by atoms with van der Waals surface area (Å²) in [6, 6.07) is -2.37. The Morgan fingerprint density at radius 3 is 2.31 bits per heavy atom. The van der Waals surface area contributed by atoms with Gasteiger partial charge in [-0.05, 0) is 19.3 Å². The van der Waals surface area contributed by atoms with E-state index in [0.717, 1.165) is 25.0 Å². The van der Waals surface area contributed by atoms with Crippen LogP contribution in [0.4, 0.5) is 15.4 Å². The zero-order valence-corrected chi connectivity index (χ0v) is 36.1. The zero-order chi connectivity index (χ0) is 44.2. The van der Waals surface area contributed by atoms with Crippen LogP contribution in [0, 0.1) is 5.92 Å². The van der Waals surface area contributed by atoms with Crippen LogP contribution < -0.4 is 32.3 Å². The van der Waals surface area contributed by atoms with E-state index in [4.69, 9.17) is 34.3 Å². The van der Waals surface area contributed by atoms with Crippen molar-refractivity contribution in [3.8, 4) is 0 Å². The molecule has 0 spiro atoms. The molecule has 3 fully saturated rings. The number of urea groups is 2. The second kappa shape index (κ2) is 22.5. The molecule has 2 aromatic rings. The van der Waals surface area contributed by atoms with Gasteiger partial charge in [0, 0.05) is 36.4 Å². The lowest BCUT2D eigenvalue weighted by molar-refractivity contribution is -0.121. The van der Waals surface area contributed by atoms with E-state index in [-0.39, 0.29) is 73.8 Å². The second-order valence-electron chi connectivity index (χ2n) is 14.0. The van der Waals surface area contributed by atoms with Crippen molar-refractivity contribution < 1.29 is 80.1 Å². The Kier molecular flexibility index (Phi) is 18.1. The third-order valence-electron chi connectivity index (χ3n) is 9.64. The molecule has 9 atom stereocenters. The van der Waals surface area contributed by atoms with Crippen LogP contribution in [-0.2, 0) is 45.8 Å². The smallest absolute Gasteiger partial charge is 0.391 e. The van der Waals surface area contributed by atoms with Crippen molar-refractivity contribution in [3.63, 3.8) is 0 Å². The Hall–Kier alpha value is -3.04. The largest absolute Gasteiger partial charge is 0.490 e. The van der Waals surface area contributed by atoms with E-state index in [1.165, 1.54) is 17.2 Å². The minimum atomic E-state index is -5.77. The summed E-state index contributed by atoms with van der Waals surface area (Å²) in [6.45, 7) is 1.14. The quantitative estimate of drug-likeness (QED) is 0.0313. The highest BCUT2D eigenvalue weighted by molar-refractivity contribution is 8.00. The lowest BCUT2D eigenvalue weighted by Crippen LogP contribution is -2.50. The molecule has 3 aliphatic rings. The molecule has 5 rings (SSSR count). The number of hydrogen-bond acceptors (Lipinski definition) is 18. The number of ether oxygens (including phenoxy) is 3. The van der Waals surface area contributed by atoms with Crippen LogP contribution in [-0.4, -0.2) is 157 Å². The molecule has 344 valence electrons. The van der Waals surface area contributed by atoms with Gasteiger partial charge < -0.3 is 75.8 Å². The fraction of sp³-hybridized carbons (Fsp3) is 0.733. The van der Waals surface area contributed by atoms with Crippen LogP contribution in [0.25, 0.3) is 11.2 Å². The highest BCUT2D eigenvalue weighted by Crippen LogP contribution is 2.66. The van der Waals surface area contributed by atoms with Gasteiger partial charge in [0.1, 0.15) is 11.8 Å². The van der Waals surface area contributed by atoms with E-state index in [2.05, 4.69) is 50.2 Å². The minimum Gasteiger partial charge on any atom is -0.391 e. The fourth-order valence-corrected chi connectivity index (χ4v) is 11.6. The van der Waals surface area contributed by atoms with E-state index in [1.807, 2.05) is 11.8 Å². The summed E-state index contributed by atoms with van der Waals surface area (Å²) >= 11 is 1.86. The summed E-state index contributed by atoms with van der Waals surface area (Å²) in [5.41, 5.74) is 6.38. The number of carbonyl (C=O) groups is 3. The molecule has 0 aromatic carbocycles. The first-order valence-electron chi connectivity index (χ1n) is 19.0. The Morgan fingerprint density at radius 1 is 0.918 bits per heavy atom. The first-order chi connectivity index (χ1) is 28.9. The molecule has 2 saturated heterocycles. The molecule has 31 heteroatoms. The first-order valence-corrected chi connectivity index (χ1v) is 24.6. The van der Waals surface area contributed by atoms with Crippen molar-refractivity contribution in [3.05, 3.63) is 12.7 Å². The summed E-state index contributed by atoms with van der Waals surface area (Å²) in [6.07, 6.45) is 4.06. The van der Waals surface area contributed by atoms with Gasteiger partial charge in [0.05, 0.1) is 82.8 Å². The Labute approximate surface area is 352 Å². The molecule has 5 amide bonds. The summed E-state index contributed by atoms with van der Waals surface area (Å²) < 4.78 is 65.2. The van der Waals surface area contributed by atoms with Gasteiger partial charge in [-0.25, -0.2) is 38.2 Å². The molecule has 2 aromatic heterocycles. The normalized spacial score (nSPS) is 25.7. The topological polar surface area (TPSA) is 389 Å². The Morgan fingerprint density at radius 2 is 1.61 bits per heavy atom. The van der Waals surface area contributed by atoms with Gasteiger partial charge in [-0.1, -0.05) is 6.42 Å². The van der Waals surface area contributed by atoms with E-state index in [1.54, 1.807) is 0 Å². The molecule has 4 heterocycles. The summed E-state index contributed by atoms with van der Waals surface area (Å²) in [5.74, 6) is -0.108. The maximum absolute atomic E-state index is 12.9. The average molecular weight is 949 g/mol. The summed E-state index contributed by atoms with van der Waals surface area (Å²) in [5, 5.41) is 25.6. The number of amides is 5. The van der Waals surface area contributed by atoms with Gasteiger partial charge in [-0.15, -0.1) is 0 Å². The van der Waals surface area contributed by atoms with Crippen molar-refractivity contribution in [1.82, 2.24) is 46.1 Å². The SMILES string of the molecule is Nc1ncnc2c1ncn2[C@@H]1C[C@H](COP(=O)(O)OP(=O)(O)OP(=O)(O)O)[C@H](O)C1NC(=O)NCCOCCOCCOCCNC(=O)CCCC[C@@H]1SC[C@@H]2NC(=O)N[C@@H]21. The molecule has 12 N–H and O–H groups in total. The molecule has 0 radical (unpaired) electrons. The monoisotopic (exact) mass is 948 g/mol. The standard InChI is InChI=1S/C30H51N10O17P3S/c31-27-25-28(35-16-34-27)40(17-36-25)20-13-18(14-55-59(48,49)57-60(50,51)56-58(45,46)47)26(42)24(20)39-29(43)33-6-8-53-10-12-54-11-9-52-7-5-32-22(41)4-2-1-3-21-23-19(15-61-21)37-30(44)38-23/h16-21,23-24,26,42H,1-15H2,(H,32,41)(H,48,49)(H,50,51)(H2,31,34,35)(H2,33,39,43)(H2,37,38,44)(H2,45,46,47)/t18-,19+,20-,21+,23+,24?,26+/m1/s1. The predicted molar refractivity (Wildman–Crippen MR) is 212 cm³/mol. The fourth-order valence-electron chi connectivity index (χ4n) is 6.96. The number of anilines is 1. The maximum Gasteiger partial charge on any atom is 0.490 e. The van der Waals surface area contributed by atoms with Crippen molar-refractivity contribution in [2.24, 2.45) is 5.92 Å². The van der Waals surface area contributed by atoms with Crippen LogP contribution in [0.3, 0.4) is 0 Å². The van der Waals surface area contributed by atoms with Crippen LogP contribution in [0.15, 0.2) is 12.7 Å². The third kappa shape index (κ3) is 15.3. The van der Waals surface area contributed by atoms with Gasteiger partial charge in [-0.3, -0.25) is 9.32 Å². The van der Waals surface area contributed by atoms with Gasteiger partial charge in [-0.2, -0.15) is 20.4 Å². The lowest BCUT2D eigenvalue weighted by Gasteiger charge is -2.25. The van der Waals surface area contributed by atoms with Gasteiger partial charge >= 0.3 is 35.5 Å². The first kappa shape index (κ1) is 49.0. The van der Waals surface area contributed by atoms with E-state index < -0.39 is 60.2 Å². The van der Waals surface area contributed by atoms with Crippen molar-refractivity contribution in [2.45, 2.75) is 67.6 Å². The van der Waals surface area contributed by atoms with Crippen molar-refractivity contribution in [2.75, 3.05) is 70.8 Å². The number of nitrogens with zero attached hydrogens (tertiary/aromatic N) is 4. The Balaban J connectivity index is 0.937. The number of carbonyl (C=O) groups excluding carboxylic acids is 3. The molecule has 2 aliphatic heterocycles. The van der Waals surface area contributed by atoms with Gasteiger partial charge in [0.25, 0.3) is 0 Å². The highest BCUT2D eigenvalue weighted by atomic mass is 32.2. The number of nitrogens with one attached hydrogen (secondary N) is 5. The van der Waals surface area contributed by atoms with Gasteiger partial charge in [0.2, 0.25) is 5.91 Å². The number of aliphatic hydroxyl groups is 1. The molecular weight excluding hydrogens is 897 g/mol. The number of hydrogen-bond donors (Lipinski definition) is 11. The minimum absolute atomic E-state index is 0.0379. The number of fused-ring (bicyclic) bond motifs is 2. The van der Waals surface area contributed by atoms with Crippen LogP contribution in [0.2, 0.25) is 0 Å².